The number of aryl methyl sites for hydroxylation is 3. The summed E-state index contributed by atoms with van der Waals surface area (Å²) < 4.78 is 7.80. The summed E-state index contributed by atoms with van der Waals surface area (Å²) in [5.41, 5.74) is 2.16. The first kappa shape index (κ1) is 20.3. The number of amides is 1. The average molecular weight is 419 g/mol. The van der Waals surface area contributed by atoms with Gasteiger partial charge in [-0.25, -0.2) is 0 Å². The number of carbonyl (C=O) groups excluding carboxylic acids is 1. The third-order valence-corrected chi connectivity index (χ3v) is 5.98. The van der Waals surface area contributed by atoms with Gasteiger partial charge in [0.05, 0.1) is 5.25 Å². The molecule has 1 N–H and O–H groups in total. The normalized spacial score (nSPS) is 12.0. The summed E-state index contributed by atoms with van der Waals surface area (Å²) in [6.45, 7) is 7.99. The van der Waals surface area contributed by atoms with Gasteiger partial charge in [0.2, 0.25) is 11.0 Å². The fraction of sp³-hybridized carbons (Fsp3) is 0.389. The second-order valence-electron chi connectivity index (χ2n) is 6.34. The number of rotatable bonds is 7. The molecule has 2 aromatic heterocycles. The summed E-state index contributed by atoms with van der Waals surface area (Å²) in [5, 5.41) is 20.6. The highest BCUT2D eigenvalue weighted by Gasteiger charge is 2.20. The quantitative estimate of drug-likeness (QED) is 0.588. The van der Waals surface area contributed by atoms with Crippen LogP contribution in [0.4, 0.5) is 5.13 Å². The number of hydrogen-bond donors (Lipinski definition) is 1. The van der Waals surface area contributed by atoms with E-state index < -0.39 is 0 Å². The van der Waals surface area contributed by atoms with Gasteiger partial charge in [0.15, 0.2) is 11.0 Å². The molecular formula is C18H22N6O2S2. The van der Waals surface area contributed by atoms with Gasteiger partial charge in [0.1, 0.15) is 17.4 Å². The number of ether oxygens (including phenoxy) is 1. The minimum Gasteiger partial charge on any atom is -0.485 e. The molecule has 0 unspecified atom stereocenters. The topological polar surface area (TPSA) is 94.8 Å². The van der Waals surface area contributed by atoms with E-state index in [1.807, 2.05) is 57.5 Å². The highest BCUT2D eigenvalue weighted by atomic mass is 32.2. The van der Waals surface area contributed by atoms with Crippen LogP contribution in [0.5, 0.6) is 5.75 Å². The van der Waals surface area contributed by atoms with E-state index in [0.29, 0.717) is 22.7 Å². The number of nitrogens with zero attached hydrogens (tertiary/aromatic N) is 5. The van der Waals surface area contributed by atoms with Crippen LogP contribution in [0.2, 0.25) is 0 Å². The SMILES string of the molecule is Cc1nnc(NC(=O)[C@@H](C)Sc2nnc(COc3c(C)cccc3C)n2C)s1. The Morgan fingerprint density at radius 2 is 1.93 bits per heavy atom. The Morgan fingerprint density at radius 1 is 1.21 bits per heavy atom. The fourth-order valence-electron chi connectivity index (χ4n) is 2.50. The summed E-state index contributed by atoms with van der Waals surface area (Å²) in [6, 6.07) is 6.03. The van der Waals surface area contributed by atoms with Gasteiger partial charge in [-0.1, -0.05) is 41.3 Å². The first-order valence-corrected chi connectivity index (χ1v) is 10.4. The van der Waals surface area contributed by atoms with E-state index >= 15 is 0 Å². The zero-order chi connectivity index (χ0) is 20.3. The zero-order valence-electron chi connectivity index (χ0n) is 16.4. The van der Waals surface area contributed by atoms with Crippen LogP contribution in [0.1, 0.15) is 28.9 Å². The molecule has 3 rings (SSSR count). The second kappa shape index (κ2) is 8.70. The van der Waals surface area contributed by atoms with Crippen molar-refractivity contribution in [2.45, 2.75) is 44.7 Å². The van der Waals surface area contributed by atoms with Crippen LogP contribution in [0.15, 0.2) is 23.4 Å². The highest BCUT2D eigenvalue weighted by molar-refractivity contribution is 8.00. The first-order chi connectivity index (χ1) is 13.3. The van der Waals surface area contributed by atoms with E-state index in [0.717, 1.165) is 21.9 Å². The zero-order valence-corrected chi connectivity index (χ0v) is 18.0. The summed E-state index contributed by atoms with van der Waals surface area (Å²) in [6.07, 6.45) is 0. The Balaban J connectivity index is 1.61. The number of anilines is 1. The summed E-state index contributed by atoms with van der Waals surface area (Å²) in [4.78, 5) is 12.4. The molecule has 148 valence electrons. The Kier molecular flexibility index (Phi) is 6.30. The molecule has 0 aliphatic heterocycles. The molecule has 0 bridgehead atoms. The van der Waals surface area contributed by atoms with Crippen molar-refractivity contribution in [3.05, 3.63) is 40.2 Å². The standard InChI is InChI=1S/C18H22N6O2S2/c1-10-7-6-8-11(2)15(10)26-9-14-21-23-18(24(14)5)27-12(3)16(25)19-17-22-20-13(4)28-17/h6-8,12H,9H2,1-5H3,(H,19,22,25)/t12-/m1/s1. The average Bonchev–Trinajstić information content (AvgIpc) is 3.21. The predicted molar refractivity (Wildman–Crippen MR) is 110 cm³/mol. The maximum atomic E-state index is 12.4. The molecule has 0 saturated carbocycles. The van der Waals surface area contributed by atoms with Crippen molar-refractivity contribution in [2.75, 3.05) is 5.32 Å². The van der Waals surface area contributed by atoms with Gasteiger partial charge in [-0.05, 0) is 38.8 Å². The van der Waals surface area contributed by atoms with Crippen molar-refractivity contribution in [1.82, 2.24) is 25.0 Å². The van der Waals surface area contributed by atoms with Crippen molar-refractivity contribution in [1.29, 1.82) is 0 Å². The van der Waals surface area contributed by atoms with Crippen molar-refractivity contribution in [2.24, 2.45) is 7.05 Å². The first-order valence-electron chi connectivity index (χ1n) is 8.70. The van der Waals surface area contributed by atoms with E-state index in [1.54, 1.807) is 0 Å². The smallest absolute Gasteiger partial charge is 0.239 e. The third-order valence-electron chi connectivity index (χ3n) is 4.09. The monoisotopic (exact) mass is 418 g/mol. The maximum absolute atomic E-state index is 12.4. The van der Waals surface area contributed by atoms with Crippen LogP contribution in [0, 0.1) is 20.8 Å². The Morgan fingerprint density at radius 3 is 2.57 bits per heavy atom. The number of hydrogen-bond acceptors (Lipinski definition) is 8. The lowest BCUT2D eigenvalue weighted by Gasteiger charge is -2.12. The second-order valence-corrected chi connectivity index (χ2v) is 8.83. The van der Waals surface area contributed by atoms with Crippen LogP contribution in [0.25, 0.3) is 0 Å². The Labute approximate surface area is 171 Å². The van der Waals surface area contributed by atoms with Gasteiger partial charge in [-0.15, -0.1) is 20.4 Å². The summed E-state index contributed by atoms with van der Waals surface area (Å²) in [7, 11) is 1.87. The minimum absolute atomic E-state index is 0.155. The van der Waals surface area contributed by atoms with E-state index in [9.17, 15) is 4.79 Å². The van der Waals surface area contributed by atoms with Crippen LogP contribution >= 0.6 is 23.1 Å². The van der Waals surface area contributed by atoms with Crippen molar-refractivity contribution in [3.63, 3.8) is 0 Å². The molecule has 28 heavy (non-hydrogen) atoms. The maximum Gasteiger partial charge on any atom is 0.239 e. The molecule has 3 aromatic rings. The molecule has 8 nitrogen and oxygen atoms in total. The molecule has 0 aliphatic rings. The summed E-state index contributed by atoms with van der Waals surface area (Å²) in [5.74, 6) is 1.40. The Bertz CT molecular complexity index is 964. The van der Waals surface area contributed by atoms with Crippen molar-refractivity contribution < 1.29 is 9.53 Å². The number of benzene rings is 1. The van der Waals surface area contributed by atoms with Gasteiger partial charge in [0, 0.05) is 7.05 Å². The van der Waals surface area contributed by atoms with Crippen molar-refractivity contribution >= 4 is 34.1 Å². The molecule has 0 fully saturated rings. The van der Waals surface area contributed by atoms with Gasteiger partial charge in [-0.3, -0.25) is 10.1 Å². The molecular weight excluding hydrogens is 396 g/mol. The van der Waals surface area contributed by atoms with Gasteiger partial charge >= 0.3 is 0 Å². The largest absolute Gasteiger partial charge is 0.485 e. The molecule has 0 spiro atoms. The molecule has 0 aliphatic carbocycles. The van der Waals surface area contributed by atoms with Crippen molar-refractivity contribution in [3.8, 4) is 5.75 Å². The lowest BCUT2D eigenvalue weighted by atomic mass is 10.1. The molecule has 10 heteroatoms. The number of nitrogens with one attached hydrogen (secondary N) is 1. The van der Waals surface area contributed by atoms with E-state index in [1.165, 1.54) is 23.1 Å². The lowest BCUT2D eigenvalue weighted by Crippen LogP contribution is -2.22. The van der Waals surface area contributed by atoms with Gasteiger partial charge in [-0.2, -0.15) is 0 Å². The van der Waals surface area contributed by atoms with Gasteiger partial charge < -0.3 is 9.30 Å². The molecule has 1 atom stereocenters. The number of aromatic nitrogens is 5. The number of thioether (sulfide) groups is 1. The van der Waals surface area contributed by atoms with E-state index in [-0.39, 0.29) is 11.2 Å². The predicted octanol–water partition coefficient (Wildman–Crippen LogP) is 3.29. The van der Waals surface area contributed by atoms with Crippen LogP contribution < -0.4 is 10.1 Å². The summed E-state index contributed by atoms with van der Waals surface area (Å²) >= 11 is 2.67. The third kappa shape index (κ3) is 4.68. The number of para-hydroxylation sites is 1. The minimum atomic E-state index is -0.362. The molecule has 2 heterocycles. The van der Waals surface area contributed by atoms with Crippen LogP contribution in [-0.2, 0) is 18.4 Å². The molecule has 1 amide bonds. The van der Waals surface area contributed by atoms with E-state index in [2.05, 4.69) is 25.7 Å². The molecule has 0 radical (unpaired) electrons. The lowest BCUT2D eigenvalue weighted by molar-refractivity contribution is -0.115. The van der Waals surface area contributed by atoms with E-state index in [4.69, 9.17) is 4.74 Å². The molecule has 0 saturated heterocycles. The Hall–Kier alpha value is -2.46. The highest BCUT2D eigenvalue weighted by Crippen LogP contribution is 2.25. The fourth-order valence-corrected chi connectivity index (χ4v) is 3.93. The van der Waals surface area contributed by atoms with Gasteiger partial charge in [0.25, 0.3) is 0 Å². The molecule has 1 aromatic carbocycles. The van der Waals surface area contributed by atoms with Crippen LogP contribution in [0.3, 0.4) is 0 Å². The number of carbonyl (C=O) groups is 1. The van der Waals surface area contributed by atoms with Crippen LogP contribution in [-0.4, -0.2) is 36.1 Å².